The standard InChI is InChI=1S/C19H22N2O3S/c1-23-16-3-2-4-17(10-16)25-13-19(22)21-18-12-24-11-15(18)9-14-5-7-20-8-6-14/h2-8,10,15,18H,9,11-13H2,1H3,(H,21,22)/t15-,18+/m1/s1. The average Bonchev–Trinajstić information content (AvgIpc) is 3.07. The van der Waals surface area contributed by atoms with Crippen LogP contribution in [0.15, 0.2) is 53.7 Å². The molecule has 1 amide bonds. The molecule has 25 heavy (non-hydrogen) atoms. The minimum absolute atomic E-state index is 0.0306. The highest BCUT2D eigenvalue weighted by Crippen LogP contribution is 2.23. The predicted molar refractivity (Wildman–Crippen MR) is 97.9 cm³/mol. The number of pyridine rings is 1. The van der Waals surface area contributed by atoms with Crippen LogP contribution in [0.2, 0.25) is 0 Å². The van der Waals surface area contributed by atoms with Gasteiger partial charge in [0.25, 0.3) is 0 Å². The van der Waals surface area contributed by atoms with Crippen LogP contribution in [0.3, 0.4) is 0 Å². The Labute approximate surface area is 152 Å². The summed E-state index contributed by atoms with van der Waals surface area (Å²) in [4.78, 5) is 17.4. The van der Waals surface area contributed by atoms with Crippen molar-refractivity contribution in [2.45, 2.75) is 17.4 Å². The highest BCUT2D eigenvalue weighted by atomic mass is 32.2. The summed E-state index contributed by atoms with van der Waals surface area (Å²) in [5.41, 5.74) is 1.22. The molecule has 1 aromatic carbocycles. The Balaban J connectivity index is 1.49. The maximum Gasteiger partial charge on any atom is 0.230 e. The van der Waals surface area contributed by atoms with E-state index >= 15 is 0 Å². The zero-order valence-electron chi connectivity index (χ0n) is 14.2. The van der Waals surface area contributed by atoms with E-state index in [9.17, 15) is 4.79 Å². The third kappa shape index (κ3) is 5.21. The molecule has 0 aliphatic carbocycles. The number of benzene rings is 1. The first kappa shape index (κ1) is 17.8. The topological polar surface area (TPSA) is 60.5 Å². The second kappa shape index (κ2) is 8.87. The first-order valence-electron chi connectivity index (χ1n) is 8.27. The summed E-state index contributed by atoms with van der Waals surface area (Å²) in [5.74, 6) is 1.51. The van der Waals surface area contributed by atoms with E-state index in [2.05, 4.69) is 10.3 Å². The number of amides is 1. The fourth-order valence-electron chi connectivity index (χ4n) is 2.87. The van der Waals surface area contributed by atoms with Gasteiger partial charge in [-0.15, -0.1) is 11.8 Å². The van der Waals surface area contributed by atoms with Gasteiger partial charge in [-0.1, -0.05) is 6.07 Å². The van der Waals surface area contributed by atoms with E-state index in [1.807, 2.05) is 36.4 Å². The highest BCUT2D eigenvalue weighted by Gasteiger charge is 2.29. The molecule has 0 radical (unpaired) electrons. The third-order valence-electron chi connectivity index (χ3n) is 4.20. The Hall–Kier alpha value is -2.05. The van der Waals surface area contributed by atoms with Gasteiger partial charge in [0.15, 0.2) is 0 Å². The van der Waals surface area contributed by atoms with Crippen LogP contribution < -0.4 is 10.1 Å². The van der Waals surface area contributed by atoms with Gasteiger partial charge < -0.3 is 14.8 Å². The number of ether oxygens (including phenoxy) is 2. The molecule has 5 nitrogen and oxygen atoms in total. The van der Waals surface area contributed by atoms with Crippen LogP contribution in [0.4, 0.5) is 0 Å². The summed E-state index contributed by atoms with van der Waals surface area (Å²) in [6.07, 6.45) is 4.48. The van der Waals surface area contributed by atoms with E-state index < -0.39 is 0 Å². The zero-order chi connectivity index (χ0) is 17.5. The van der Waals surface area contributed by atoms with Crippen molar-refractivity contribution >= 4 is 17.7 Å². The van der Waals surface area contributed by atoms with Crippen LogP contribution in [0.5, 0.6) is 5.75 Å². The number of nitrogens with zero attached hydrogens (tertiary/aromatic N) is 1. The SMILES string of the molecule is COc1cccc(SCC(=O)N[C@H]2COC[C@H]2Cc2ccncc2)c1. The fourth-order valence-corrected chi connectivity index (χ4v) is 3.62. The van der Waals surface area contributed by atoms with Gasteiger partial charge in [-0.05, 0) is 42.3 Å². The van der Waals surface area contributed by atoms with Crippen LogP contribution >= 0.6 is 11.8 Å². The Kier molecular flexibility index (Phi) is 6.30. The van der Waals surface area contributed by atoms with E-state index in [4.69, 9.17) is 9.47 Å². The van der Waals surface area contributed by atoms with E-state index in [0.29, 0.717) is 24.9 Å². The molecular formula is C19H22N2O3S. The number of carbonyl (C=O) groups excluding carboxylic acids is 1. The van der Waals surface area contributed by atoms with Crippen molar-refractivity contribution in [3.63, 3.8) is 0 Å². The smallest absolute Gasteiger partial charge is 0.230 e. The number of hydrogen-bond acceptors (Lipinski definition) is 5. The lowest BCUT2D eigenvalue weighted by atomic mass is 9.95. The quantitative estimate of drug-likeness (QED) is 0.771. The molecule has 1 aliphatic heterocycles. The molecule has 1 aliphatic rings. The van der Waals surface area contributed by atoms with Gasteiger partial charge in [-0.2, -0.15) is 0 Å². The van der Waals surface area contributed by atoms with Crippen LogP contribution in [-0.2, 0) is 16.0 Å². The van der Waals surface area contributed by atoms with Gasteiger partial charge in [0.05, 0.1) is 32.1 Å². The minimum Gasteiger partial charge on any atom is -0.497 e. The fraction of sp³-hybridized carbons (Fsp3) is 0.368. The molecule has 0 bridgehead atoms. The number of thioether (sulfide) groups is 1. The molecule has 1 saturated heterocycles. The third-order valence-corrected chi connectivity index (χ3v) is 5.20. The van der Waals surface area contributed by atoms with Crippen molar-refractivity contribution < 1.29 is 14.3 Å². The molecule has 2 heterocycles. The zero-order valence-corrected chi connectivity index (χ0v) is 15.0. The molecule has 0 spiro atoms. The number of methoxy groups -OCH3 is 1. The van der Waals surface area contributed by atoms with Crippen molar-refractivity contribution in [3.05, 3.63) is 54.4 Å². The van der Waals surface area contributed by atoms with Crippen LogP contribution in [-0.4, -0.2) is 43.0 Å². The maximum absolute atomic E-state index is 12.3. The molecule has 2 aromatic rings. The van der Waals surface area contributed by atoms with Gasteiger partial charge in [-0.3, -0.25) is 9.78 Å². The summed E-state index contributed by atoms with van der Waals surface area (Å²) in [5, 5.41) is 3.12. The summed E-state index contributed by atoms with van der Waals surface area (Å²) in [6, 6.07) is 11.8. The lowest BCUT2D eigenvalue weighted by Gasteiger charge is -2.19. The first-order chi connectivity index (χ1) is 12.2. The molecule has 1 N–H and O–H groups in total. The molecule has 1 aromatic heterocycles. The van der Waals surface area contributed by atoms with E-state index in [1.54, 1.807) is 19.5 Å². The van der Waals surface area contributed by atoms with E-state index in [0.717, 1.165) is 17.1 Å². The van der Waals surface area contributed by atoms with Gasteiger partial charge >= 0.3 is 0 Å². The Morgan fingerprint density at radius 3 is 2.96 bits per heavy atom. The van der Waals surface area contributed by atoms with Crippen molar-refractivity contribution in [3.8, 4) is 5.75 Å². The van der Waals surface area contributed by atoms with Crippen LogP contribution in [0, 0.1) is 5.92 Å². The number of carbonyl (C=O) groups is 1. The van der Waals surface area contributed by atoms with Crippen LogP contribution in [0.25, 0.3) is 0 Å². The van der Waals surface area contributed by atoms with Crippen LogP contribution in [0.1, 0.15) is 5.56 Å². The molecular weight excluding hydrogens is 336 g/mol. The van der Waals surface area contributed by atoms with Crippen molar-refractivity contribution in [1.29, 1.82) is 0 Å². The molecule has 132 valence electrons. The van der Waals surface area contributed by atoms with E-state index in [1.165, 1.54) is 17.3 Å². The first-order valence-corrected chi connectivity index (χ1v) is 9.26. The predicted octanol–water partition coefficient (Wildman–Crippen LogP) is 2.56. The summed E-state index contributed by atoms with van der Waals surface area (Å²) >= 11 is 1.51. The summed E-state index contributed by atoms with van der Waals surface area (Å²) in [6.45, 7) is 1.25. The molecule has 0 unspecified atom stereocenters. The summed E-state index contributed by atoms with van der Waals surface area (Å²) in [7, 11) is 1.64. The molecule has 0 saturated carbocycles. The summed E-state index contributed by atoms with van der Waals surface area (Å²) < 4.78 is 10.8. The van der Waals surface area contributed by atoms with Gasteiger partial charge in [0.2, 0.25) is 5.91 Å². The van der Waals surface area contributed by atoms with Crippen molar-refractivity contribution in [1.82, 2.24) is 10.3 Å². The Bertz CT molecular complexity index is 696. The number of nitrogens with one attached hydrogen (secondary N) is 1. The molecule has 2 atom stereocenters. The van der Waals surface area contributed by atoms with Crippen molar-refractivity contribution in [2.75, 3.05) is 26.1 Å². The molecule has 1 fully saturated rings. The van der Waals surface area contributed by atoms with Gasteiger partial charge in [0.1, 0.15) is 5.75 Å². The number of rotatable bonds is 7. The monoisotopic (exact) mass is 358 g/mol. The maximum atomic E-state index is 12.3. The van der Waals surface area contributed by atoms with Gasteiger partial charge in [0, 0.05) is 23.2 Å². The van der Waals surface area contributed by atoms with Crippen molar-refractivity contribution in [2.24, 2.45) is 5.92 Å². The lowest BCUT2D eigenvalue weighted by Crippen LogP contribution is -2.41. The number of aromatic nitrogens is 1. The second-order valence-electron chi connectivity index (χ2n) is 6.00. The molecule has 3 rings (SSSR count). The lowest BCUT2D eigenvalue weighted by molar-refractivity contribution is -0.119. The Morgan fingerprint density at radius 1 is 1.32 bits per heavy atom. The van der Waals surface area contributed by atoms with Gasteiger partial charge in [-0.25, -0.2) is 0 Å². The van der Waals surface area contributed by atoms with E-state index in [-0.39, 0.29) is 11.9 Å². The largest absolute Gasteiger partial charge is 0.497 e. The second-order valence-corrected chi connectivity index (χ2v) is 7.05. The normalized spacial score (nSPS) is 19.6. The average molecular weight is 358 g/mol. The highest BCUT2D eigenvalue weighted by molar-refractivity contribution is 8.00. The minimum atomic E-state index is 0.0306. The molecule has 6 heteroatoms. The number of hydrogen-bond donors (Lipinski definition) is 1. The Morgan fingerprint density at radius 2 is 2.16 bits per heavy atom.